The van der Waals surface area contributed by atoms with E-state index in [1.54, 1.807) is 0 Å². The van der Waals surface area contributed by atoms with E-state index < -0.39 is 6.10 Å². The molecule has 1 aromatic carbocycles. The summed E-state index contributed by atoms with van der Waals surface area (Å²) in [6, 6.07) is 7.49. The van der Waals surface area contributed by atoms with E-state index in [-0.39, 0.29) is 48.5 Å². The summed E-state index contributed by atoms with van der Waals surface area (Å²) in [5.74, 6) is 1.82. The molecule has 0 heterocycles. The summed E-state index contributed by atoms with van der Waals surface area (Å²) >= 11 is 0. The minimum atomic E-state index is -0.706. The first kappa shape index (κ1) is 26.5. The zero-order valence-corrected chi connectivity index (χ0v) is 20.6. The van der Waals surface area contributed by atoms with Gasteiger partial charge in [-0.2, -0.15) is 0 Å². The van der Waals surface area contributed by atoms with Crippen molar-refractivity contribution >= 4 is 35.8 Å². The Morgan fingerprint density at radius 3 is 2.60 bits per heavy atom. The molecule has 1 aliphatic rings. The molecule has 30 heavy (non-hydrogen) atoms. The largest absolute Gasteiger partial charge is 0.491 e. The van der Waals surface area contributed by atoms with Gasteiger partial charge in [-0.1, -0.05) is 18.6 Å². The highest BCUT2D eigenvalue weighted by molar-refractivity contribution is 14.0. The lowest BCUT2D eigenvalue weighted by Crippen LogP contribution is -2.40. The van der Waals surface area contributed by atoms with Gasteiger partial charge >= 0.3 is 0 Å². The Labute approximate surface area is 197 Å². The number of nitrogens with zero attached hydrogens (tertiary/aromatic N) is 1. The predicted molar refractivity (Wildman–Crippen MR) is 132 cm³/mol. The minimum Gasteiger partial charge on any atom is -0.491 e. The fourth-order valence-electron chi connectivity index (χ4n) is 3.01. The van der Waals surface area contributed by atoms with Crippen LogP contribution < -0.4 is 20.7 Å². The third kappa shape index (κ3) is 9.51. The third-order valence-corrected chi connectivity index (χ3v) is 4.80. The van der Waals surface area contributed by atoms with Crippen LogP contribution in [0.25, 0.3) is 0 Å². The lowest BCUT2D eigenvalue weighted by Gasteiger charge is -2.24. The number of aliphatic hydroxyl groups excluding tert-OH is 1. The van der Waals surface area contributed by atoms with E-state index in [2.05, 4.69) is 20.9 Å². The van der Waals surface area contributed by atoms with Crippen LogP contribution >= 0.6 is 24.0 Å². The highest BCUT2D eigenvalue weighted by atomic mass is 127. The molecule has 7 nitrogen and oxygen atoms in total. The number of hydrogen-bond donors (Lipinski definition) is 4. The van der Waals surface area contributed by atoms with Gasteiger partial charge in [0, 0.05) is 25.6 Å². The molecule has 170 valence electrons. The quantitative estimate of drug-likeness (QED) is 0.152. The molecular weight excluding hydrogens is 495 g/mol. The van der Waals surface area contributed by atoms with Crippen molar-refractivity contribution < 1.29 is 14.6 Å². The summed E-state index contributed by atoms with van der Waals surface area (Å²) in [4.78, 5) is 16.3. The first-order chi connectivity index (χ1) is 14.0. The van der Waals surface area contributed by atoms with Crippen molar-refractivity contribution in [2.45, 2.75) is 58.7 Å². The van der Waals surface area contributed by atoms with Crippen molar-refractivity contribution in [1.29, 1.82) is 0 Å². The number of amides is 1. The standard InChI is InChI=1S/C22H36N4O3.HI/c1-4-23-22(25-13-7-12-24-21(28)17-8-5-9-17)26-15-20(27)18-10-6-11-19(14-18)29-16(2)3;/h6,10-11,14,16-17,20,27H,4-5,7-9,12-13,15H2,1-3H3,(H,24,28)(H2,23,25,26);1H. The van der Waals surface area contributed by atoms with Crippen molar-refractivity contribution in [3.63, 3.8) is 0 Å². The van der Waals surface area contributed by atoms with Gasteiger partial charge in [0.05, 0.1) is 18.8 Å². The monoisotopic (exact) mass is 532 g/mol. The molecule has 1 fully saturated rings. The molecule has 1 atom stereocenters. The molecule has 2 rings (SSSR count). The Kier molecular flexibility index (Phi) is 12.8. The third-order valence-electron chi connectivity index (χ3n) is 4.80. The maximum absolute atomic E-state index is 11.8. The van der Waals surface area contributed by atoms with Gasteiger partial charge in [0.25, 0.3) is 0 Å². The zero-order chi connectivity index (χ0) is 21.1. The van der Waals surface area contributed by atoms with Crippen molar-refractivity contribution in [2.75, 3.05) is 26.2 Å². The maximum atomic E-state index is 11.8. The number of nitrogens with one attached hydrogen (secondary N) is 3. The SMILES string of the molecule is CCNC(=NCC(O)c1cccc(OC(C)C)c1)NCCCNC(=O)C1CCC1.I. The number of benzene rings is 1. The first-order valence-electron chi connectivity index (χ1n) is 10.7. The molecular formula is C22H37IN4O3. The number of aliphatic hydroxyl groups is 1. The number of rotatable bonds is 11. The van der Waals surface area contributed by atoms with Crippen LogP contribution in [0.1, 0.15) is 58.1 Å². The molecule has 0 radical (unpaired) electrons. The molecule has 1 unspecified atom stereocenters. The van der Waals surface area contributed by atoms with Gasteiger partial charge in [-0.05, 0) is 57.7 Å². The Hall–Kier alpha value is -1.55. The van der Waals surface area contributed by atoms with Gasteiger partial charge in [0.1, 0.15) is 5.75 Å². The Balaban J connectivity index is 0.00000450. The molecule has 4 N–H and O–H groups in total. The molecule has 0 spiro atoms. The summed E-state index contributed by atoms with van der Waals surface area (Å²) in [5.41, 5.74) is 0.779. The second kappa shape index (κ2) is 14.5. The maximum Gasteiger partial charge on any atom is 0.223 e. The second-order valence-corrected chi connectivity index (χ2v) is 7.67. The van der Waals surface area contributed by atoms with Crippen molar-refractivity contribution in [1.82, 2.24) is 16.0 Å². The van der Waals surface area contributed by atoms with Crippen LogP contribution in [0, 0.1) is 5.92 Å². The lowest BCUT2D eigenvalue weighted by molar-refractivity contribution is -0.127. The molecule has 0 saturated heterocycles. The molecule has 1 saturated carbocycles. The lowest BCUT2D eigenvalue weighted by atomic mass is 9.85. The van der Waals surface area contributed by atoms with E-state index in [1.807, 2.05) is 45.0 Å². The topological polar surface area (TPSA) is 95.0 Å². The van der Waals surface area contributed by atoms with Crippen LogP contribution in [0.15, 0.2) is 29.3 Å². The van der Waals surface area contributed by atoms with Gasteiger partial charge in [-0.25, -0.2) is 0 Å². The number of hydrogen-bond acceptors (Lipinski definition) is 4. The van der Waals surface area contributed by atoms with Crippen LogP contribution in [0.2, 0.25) is 0 Å². The predicted octanol–water partition coefficient (Wildman–Crippen LogP) is 2.99. The van der Waals surface area contributed by atoms with Crippen LogP contribution in [-0.4, -0.2) is 49.3 Å². The summed E-state index contributed by atoms with van der Waals surface area (Å²) in [6.07, 6.45) is 3.42. The average Bonchev–Trinajstić information content (AvgIpc) is 2.63. The zero-order valence-electron chi connectivity index (χ0n) is 18.3. The van der Waals surface area contributed by atoms with E-state index in [9.17, 15) is 9.90 Å². The molecule has 1 amide bonds. The van der Waals surface area contributed by atoms with Crippen molar-refractivity contribution in [2.24, 2.45) is 10.9 Å². The Bertz CT molecular complexity index is 666. The van der Waals surface area contributed by atoms with Crippen LogP contribution in [-0.2, 0) is 4.79 Å². The molecule has 0 bridgehead atoms. The highest BCUT2D eigenvalue weighted by Crippen LogP contribution is 2.26. The molecule has 1 aliphatic carbocycles. The highest BCUT2D eigenvalue weighted by Gasteiger charge is 2.24. The fourth-order valence-corrected chi connectivity index (χ4v) is 3.01. The van der Waals surface area contributed by atoms with Crippen LogP contribution in [0.4, 0.5) is 0 Å². The summed E-state index contributed by atoms with van der Waals surface area (Å²) < 4.78 is 5.69. The van der Waals surface area contributed by atoms with Gasteiger partial charge in [-0.15, -0.1) is 24.0 Å². The van der Waals surface area contributed by atoms with Gasteiger partial charge in [-0.3, -0.25) is 9.79 Å². The number of carbonyl (C=O) groups excluding carboxylic acids is 1. The molecule has 8 heteroatoms. The molecule has 1 aromatic rings. The van der Waals surface area contributed by atoms with E-state index in [4.69, 9.17) is 4.74 Å². The van der Waals surface area contributed by atoms with Crippen molar-refractivity contribution in [3.8, 4) is 5.75 Å². The Morgan fingerprint density at radius 2 is 1.97 bits per heavy atom. The average molecular weight is 532 g/mol. The van der Waals surface area contributed by atoms with Crippen molar-refractivity contribution in [3.05, 3.63) is 29.8 Å². The number of aliphatic imine (C=N–C) groups is 1. The minimum absolute atomic E-state index is 0. The summed E-state index contributed by atoms with van der Waals surface area (Å²) in [7, 11) is 0. The smallest absolute Gasteiger partial charge is 0.223 e. The first-order valence-corrected chi connectivity index (χ1v) is 10.7. The van der Waals surface area contributed by atoms with E-state index in [0.717, 1.165) is 37.1 Å². The van der Waals surface area contributed by atoms with Gasteiger partial charge in [0.2, 0.25) is 5.91 Å². The van der Waals surface area contributed by atoms with E-state index in [1.165, 1.54) is 6.42 Å². The second-order valence-electron chi connectivity index (χ2n) is 7.67. The van der Waals surface area contributed by atoms with Crippen LogP contribution in [0.5, 0.6) is 5.75 Å². The van der Waals surface area contributed by atoms with E-state index >= 15 is 0 Å². The van der Waals surface area contributed by atoms with Gasteiger partial charge < -0.3 is 25.8 Å². The summed E-state index contributed by atoms with van der Waals surface area (Å²) in [5, 5.41) is 19.9. The number of guanidine groups is 1. The molecule has 0 aliphatic heterocycles. The van der Waals surface area contributed by atoms with Crippen LogP contribution in [0.3, 0.4) is 0 Å². The number of halogens is 1. The van der Waals surface area contributed by atoms with E-state index in [0.29, 0.717) is 19.0 Å². The number of carbonyl (C=O) groups is 1. The van der Waals surface area contributed by atoms with Gasteiger partial charge in [0.15, 0.2) is 5.96 Å². The summed E-state index contributed by atoms with van der Waals surface area (Å²) in [6.45, 7) is 8.29. The molecule has 0 aromatic heterocycles. The fraction of sp³-hybridized carbons (Fsp3) is 0.636. The number of ether oxygens (including phenoxy) is 1. The Morgan fingerprint density at radius 1 is 1.23 bits per heavy atom. The normalized spacial score (nSPS) is 15.0.